The van der Waals surface area contributed by atoms with Gasteiger partial charge in [0.25, 0.3) is 5.56 Å². The van der Waals surface area contributed by atoms with Crippen molar-refractivity contribution >= 4 is 23.0 Å². The second-order valence-electron chi connectivity index (χ2n) is 8.77. The van der Waals surface area contributed by atoms with E-state index in [9.17, 15) is 9.59 Å². The van der Waals surface area contributed by atoms with Gasteiger partial charge >= 0.3 is 5.69 Å². The summed E-state index contributed by atoms with van der Waals surface area (Å²) in [6.07, 6.45) is 3.76. The number of aryl methyl sites for hydroxylation is 2. The summed E-state index contributed by atoms with van der Waals surface area (Å²) in [7, 11) is 1.67. The van der Waals surface area contributed by atoms with Crippen LogP contribution in [-0.4, -0.2) is 60.8 Å². The van der Waals surface area contributed by atoms with E-state index in [2.05, 4.69) is 16.4 Å². The van der Waals surface area contributed by atoms with Crippen LogP contribution in [0.3, 0.4) is 0 Å². The zero-order chi connectivity index (χ0) is 23.8. The zero-order valence-corrected chi connectivity index (χ0v) is 19.9. The molecule has 1 aliphatic heterocycles. The van der Waals surface area contributed by atoms with Crippen molar-refractivity contribution in [1.82, 2.24) is 28.0 Å². The summed E-state index contributed by atoms with van der Waals surface area (Å²) in [6, 6.07) is 9.82. The van der Waals surface area contributed by atoms with Crippen LogP contribution >= 0.6 is 0 Å². The zero-order valence-electron chi connectivity index (χ0n) is 19.9. The van der Waals surface area contributed by atoms with Gasteiger partial charge in [-0.2, -0.15) is 4.98 Å². The van der Waals surface area contributed by atoms with Crippen LogP contribution in [0.5, 0.6) is 0 Å². The maximum absolute atomic E-state index is 13.5. The molecule has 1 saturated heterocycles. The SMILES string of the molecule is Cc1c(C)n2c3c(=O)n(CC=Cc4ccccc4)c(=O)n(C)c3nc2n1CCN1CCOCC1. The normalized spacial score (nSPS) is 15.3. The summed E-state index contributed by atoms with van der Waals surface area (Å²) >= 11 is 0. The van der Waals surface area contributed by atoms with Gasteiger partial charge in [0.15, 0.2) is 11.2 Å². The summed E-state index contributed by atoms with van der Waals surface area (Å²) in [4.78, 5) is 33.7. The Labute approximate surface area is 197 Å². The van der Waals surface area contributed by atoms with Gasteiger partial charge in [-0.25, -0.2) is 4.79 Å². The molecule has 0 N–H and O–H groups in total. The highest BCUT2D eigenvalue weighted by atomic mass is 16.5. The molecule has 1 aliphatic rings. The predicted octanol–water partition coefficient (Wildman–Crippen LogP) is 1.81. The van der Waals surface area contributed by atoms with Gasteiger partial charge in [0, 0.05) is 51.2 Å². The molecule has 178 valence electrons. The van der Waals surface area contributed by atoms with Crippen molar-refractivity contribution in [2.24, 2.45) is 7.05 Å². The van der Waals surface area contributed by atoms with Gasteiger partial charge in [-0.3, -0.25) is 23.2 Å². The van der Waals surface area contributed by atoms with E-state index in [1.54, 1.807) is 7.05 Å². The lowest BCUT2D eigenvalue weighted by Crippen LogP contribution is -2.39. The molecule has 5 rings (SSSR count). The standard InChI is InChI=1S/C25H30N6O3/c1-18-19(2)31-21-22(26-24(31)29(18)13-12-28-14-16-34-17-15-28)27(3)25(33)30(23(21)32)11-7-10-20-8-5-4-6-9-20/h4-10H,11-17H2,1-3H3. The Balaban J connectivity index is 1.56. The fourth-order valence-corrected chi connectivity index (χ4v) is 4.67. The van der Waals surface area contributed by atoms with Crippen LogP contribution < -0.4 is 11.2 Å². The first-order chi connectivity index (χ1) is 16.5. The molecule has 4 heterocycles. The molecule has 0 atom stereocenters. The second kappa shape index (κ2) is 9.08. The number of ether oxygens (including phenoxy) is 1. The quantitative estimate of drug-likeness (QED) is 0.437. The average Bonchev–Trinajstić information content (AvgIpc) is 3.35. The number of morpholine rings is 1. The molecule has 9 nitrogen and oxygen atoms in total. The van der Waals surface area contributed by atoms with Gasteiger partial charge in [-0.05, 0) is 19.4 Å². The van der Waals surface area contributed by atoms with Crippen LogP contribution in [0.2, 0.25) is 0 Å². The fourth-order valence-electron chi connectivity index (χ4n) is 4.67. The number of nitrogens with zero attached hydrogens (tertiary/aromatic N) is 6. The molecule has 0 bridgehead atoms. The molecular formula is C25H30N6O3. The van der Waals surface area contributed by atoms with E-state index in [0.29, 0.717) is 16.9 Å². The highest BCUT2D eigenvalue weighted by Crippen LogP contribution is 2.20. The van der Waals surface area contributed by atoms with E-state index in [0.717, 1.165) is 56.3 Å². The molecule has 0 unspecified atom stereocenters. The molecule has 3 aromatic heterocycles. The van der Waals surface area contributed by atoms with Crippen molar-refractivity contribution in [3.05, 3.63) is 74.2 Å². The Morgan fingerprint density at radius 1 is 1.00 bits per heavy atom. The van der Waals surface area contributed by atoms with E-state index in [-0.39, 0.29) is 17.8 Å². The van der Waals surface area contributed by atoms with Gasteiger partial charge in [-0.15, -0.1) is 0 Å². The topological polar surface area (TPSA) is 78.7 Å². The van der Waals surface area contributed by atoms with Gasteiger partial charge in [-0.1, -0.05) is 42.5 Å². The number of fused-ring (bicyclic) bond motifs is 3. The molecule has 0 saturated carbocycles. The lowest BCUT2D eigenvalue weighted by atomic mass is 10.2. The molecular weight excluding hydrogens is 432 g/mol. The Morgan fingerprint density at radius 3 is 2.47 bits per heavy atom. The molecule has 4 aromatic rings. The van der Waals surface area contributed by atoms with Gasteiger partial charge < -0.3 is 9.30 Å². The number of allylic oxidation sites excluding steroid dienone is 1. The molecule has 1 fully saturated rings. The van der Waals surface area contributed by atoms with Crippen LogP contribution in [0.25, 0.3) is 23.0 Å². The van der Waals surface area contributed by atoms with E-state index < -0.39 is 0 Å². The molecule has 0 spiro atoms. The van der Waals surface area contributed by atoms with E-state index in [1.165, 1.54) is 9.13 Å². The van der Waals surface area contributed by atoms with Crippen molar-refractivity contribution in [3.8, 4) is 0 Å². The Kier molecular flexibility index (Phi) is 5.97. The first-order valence-electron chi connectivity index (χ1n) is 11.7. The lowest BCUT2D eigenvalue weighted by Gasteiger charge is -2.26. The van der Waals surface area contributed by atoms with Crippen LogP contribution in [0, 0.1) is 13.8 Å². The number of rotatable bonds is 6. The first-order valence-corrected chi connectivity index (χ1v) is 11.7. The largest absolute Gasteiger partial charge is 0.379 e. The third-order valence-electron chi connectivity index (χ3n) is 6.77. The second-order valence-corrected chi connectivity index (χ2v) is 8.77. The number of hydrogen-bond donors (Lipinski definition) is 0. The first kappa shape index (κ1) is 22.4. The van der Waals surface area contributed by atoms with Crippen LogP contribution in [-0.2, 0) is 24.9 Å². The summed E-state index contributed by atoms with van der Waals surface area (Å²) in [6.45, 7) is 9.23. The molecule has 34 heavy (non-hydrogen) atoms. The van der Waals surface area contributed by atoms with Crippen molar-refractivity contribution in [2.45, 2.75) is 26.9 Å². The minimum atomic E-state index is -0.370. The predicted molar refractivity (Wildman–Crippen MR) is 132 cm³/mol. The Hall–Kier alpha value is -3.43. The Morgan fingerprint density at radius 2 is 1.74 bits per heavy atom. The Bertz CT molecular complexity index is 1480. The van der Waals surface area contributed by atoms with E-state index >= 15 is 0 Å². The minimum absolute atomic E-state index is 0.194. The summed E-state index contributed by atoms with van der Waals surface area (Å²) in [5.74, 6) is 0.697. The van der Waals surface area contributed by atoms with Crippen molar-refractivity contribution in [3.63, 3.8) is 0 Å². The van der Waals surface area contributed by atoms with Crippen LogP contribution in [0.4, 0.5) is 0 Å². The molecule has 1 aromatic carbocycles. The monoisotopic (exact) mass is 462 g/mol. The molecule has 0 aliphatic carbocycles. The fraction of sp³-hybridized carbons (Fsp3) is 0.400. The third-order valence-corrected chi connectivity index (χ3v) is 6.77. The van der Waals surface area contributed by atoms with Gasteiger partial charge in [0.2, 0.25) is 5.78 Å². The highest BCUT2D eigenvalue weighted by molar-refractivity contribution is 5.76. The summed E-state index contributed by atoms with van der Waals surface area (Å²) in [5.41, 5.74) is 3.21. The summed E-state index contributed by atoms with van der Waals surface area (Å²) in [5, 5.41) is 0. The van der Waals surface area contributed by atoms with Crippen LogP contribution in [0.15, 0.2) is 46.0 Å². The maximum Gasteiger partial charge on any atom is 0.332 e. The molecule has 0 amide bonds. The average molecular weight is 463 g/mol. The number of imidazole rings is 2. The van der Waals surface area contributed by atoms with Crippen molar-refractivity contribution in [2.75, 3.05) is 32.8 Å². The number of hydrogen-bond acceptors (Lipinski definition) is 5. The lowest BCUT2D eigenvalue weighted by molar-refractivity contribution is 0.0364. The van der Waals surface area contributed by atoms with Crippen molar-refractivity contribution in [1.29, 1.82) is 0 Å². The minimum Gasteiger partial charge on any atom is -0.379 e. The van der Waals surface area contributed by atoms with Gasteiger partial charge in [0.05, 0.1) is 13.2 Å². The molecule has 9 heteroatoms. The number of benzene rings is 1. The smallest absolute Gasteiger partial charge is 0.332 e. The van der Waals surface area contributed by atoms with Crippen LogP contribution in [0.1, 0.15) is 17.0 Å². The summed E-state index contributed by atoms with van der Waals surface area (Å²) < 4.78 is 12.3. The molecule has 0 radical (unpaired) electrons. The number of aromatic nitrogens is 5. The highest BCUT2D eigenvalue weighted by Gasteiger charge is 2.22. The third kappa shape index (κ3) is 3.80. The van der Waals surface area contributed by atoms with Crippen molar-refractivity contribution < 1.29 is 4.74 Å². The van der Waals surface area contributed by atoms with E-state index in [4.69, 9.17) is 9.72 Å². The maximum atomic E-state index is 13.5. The van der Waals surface area contributed by atoms with Gasteiger partial charge in [0.1, 0.15) is 0 Å². The van der Waals surface area contributed by atoms with E-state index in [1.807, 2.05) is 53.8 Å².